The molecule has 0 aromatic heterocycles. The van der Waals surface area contributed by atoms with Gasteiger partial charge in [-0.25, -0.2) is 4.39 Å². The summed E-state index contributed by atoms with van der Waals surface area (Å²) in [5.74, 6) is 0.651. The van der Waals surface area contributed by atoms with E-state index in [1.807, 2.05) is 13.0 Å². The standard InChI is InChI=1S/C15H14ClFO2/c1-2-10-8-13(4-5-14(10)16)19-15-6-3-12(17)7-11(15)9-18/h3-8,18H,2,9H2,1H3. The van der Waals surface area contributed by atoms with Gasteiger partial charge < -0.3 is 9.84 Å². The Labute approximate surface area is 116 Å². The molecule has 0 unspecified atom stereocenters. The van der Waals surface area contributed by atoms with Crippen molar-refractivity contribution in [2.75, 3.05) is 0 Å². The van der Waals surface area contributed by atoms with Crippen LogP contribution in [0.1, 0.15) is 18.1 Å². The zero-order valence-corrected chi connectivity index (χ0v) is 11.2. The van der Waals surface area contributed by atoms with Crippen molar-refractivity contribution in [2.24, 2.45) is 0 Å². The van der Waals surface area contributed by atoms with Gasteiger partial charge in [0.15, 0.2) is 0 Å². The molecule has 0 bridgehead atoms. The normalized spacial score (nSPS) is 10.5. The molecule has 0 aliphatic carbocycles. The summed E-state index contributed by atoms with van der Waals surface area (Å²) in [6, 6.07) is 9.40. The van der Waals surface area contributed by atoms with E-state index in [0.29, 0.717) is 22.1 Å². The highest BCUT2D eigenvalue weighted by Crippen LogP contribution is 2.29. The third-order valence-electron chi connectivity index (χ3n) is 2.82. The average molecular weight is 281 g/mol. The van der Waals surface area contributed by atoms with Gasteiger partial charge in [-0.2, -0.15) is 0 Å². The minimum atomic E-state index is -0.401. The van der Waals surface area contributed by atoms with Gasteiger partial charge in [-0.1, -0.05) is 18.5 Å². The lowest BCUT2D eigenvalue weighted by atomic mass is 10.1. The Morgan fingerprint density at radius 2 is 1.95 bits per heavy atom. The van der Waals surface area contributed by atoms with Gasteiger partial charge >= 0.3 is 0 Å². The van der Waals surface area contributed by atoms with Crippen LogP contribution in [0.4, 0.5) is 4.39 Å². The smallest absolute Gasteiger partial charge is 0.133 e. The first-order chi connectivity index (χ1) is 9.13. The molecule has 0 aliphatic rings. The summed E-state index contributed by atoms with van der Waals surface area (Å²) in [4.78, 5) is 0. The molecule has 0 fully saturated rings. The Morgan fingerprint density at radius 1 is 1.16 bits per heavy atom. The highest BCUT2D eigenvalue weighted by Gasteiger charge is 2.07. The summed E-state index contributed by atoms with van der Waals surface area (Å²) in [7, 11) is 0. The summed E-state index contributed by atoms with van der Waals surface area (Å²) < 4.78 is 18.7. The average Bonchev–Trinajstić information content (AvgIpc) is 2.42. The van der Waals surface area contributed by atoms with Crippen molar-refractivity contribution < 1.29 is 14.2 Å². The fourth-order valence-corrected chi connectivity index (χ4v) is 2.03. The van der Waals surface area contributed by atoms with E-state index in [-0.39, 0.29) is 6.61 Å². The number of rotatable bonds is 4. The molecule has 2 aromatic carbocycles. The molecule has 0 heterocycles. The molecule has 2 rings (SSSR count). The fourth-order valence-electron chi connectivity index (χ4n) is 1.78. The number of benzene rings is 2. The first-order valence-corrected chi connectivity index (χ1v) is 6.37. The minimum absolute atomic E-state index is 0.276. The quantitative estimate of drug-likeness (QED) is 0.903. The van der Waals surface area contributed by atoms with Gasteiger partial charge in [0.05, 0.1) is 6.61 Å². The number of halogens is 2. The zero-order chi connectivity index (χ0) is 13.8. The van der Waals surface area contributed by atoms with Gasteiger partial charge in [0, 0.05) is 10.6 Å². The second-order valence-electron chi connectivity index (χ2n) is 4.12. The third kappa shape index (κ3) is 3.25. The van der Waals surface area contributed by atoms with Crippen LogP contribution in [0, 0.1) is 5.82 Å². The van der Waals surface area contributed by atoms with Gasteiger partial charge in [0.1, 0.15) is 17.3 Å². The maximum Gasteiger partial charge on any atom is 0.133 e. The lowest BCUT2D eigenvalue weighted by Gasteiger charge is -2.11. The number of aliphatic hydroxyl groups excluding tert-OH is 1. The van der Waals surface area contributed by atoms with E-state index in [1.54, 1.807) is 12.1 Å². The Hall–Kier alpha value is -1.58. The van der Waals surface area contributed by atoms with Crippen molar-refractivity contribution in [3.05, 3.63) is 58.4 Å². The lowest BCUT2D eigenvalue weighted by Crippen LogP contribution is -1.94. The molecule has 0 saturated carbocycles. The van der Waals surface area contributed by atoms with E-state index in [9.17, 15) is 9.50 Å². The molecule has 0 spiro atoms. The monoisotopic (exact) mass is 280 g/mol. The Bertz CT molecular complexity index is 584. The summed E-state index contributed by atoms with van der Waals surface area (Å²) in [5, 5.41) is 9.89. The predicted molar refractivity (Wildman–Crippen MR) is 73.2 cm³/mol. The minimum Gasteiger partial charge on any atom is -0.457 e. The molecule has 100 valence electrons. The molecule has 0 aliphatic heterocycles. The molecule has 0 radical (unpaired) electrons. The Kier molecular flexibility index (Phi) is 4.40. The van der Waals surface area contributed by atoms with E-state index >= 15 is 0 Å². The topological polar surface area (TPSA) is 29.5 Å². The molecule has 2 nitrogen and oxygen atoms in total. The van der Waals surface area contributed by atoms with Crippen LogP contribution >= 0.6 is 11.6 Å². The number of hydrogen-bond donors (Lipinski definition) is 1. The molecule has 2 aromatic rings. The van der Waals surface area contributed by atoms with Crippen LogP contribution in [0.15, 0.2) is 36.4 Å². The number of hydrogen-bond acceptors (Lipinski definition) is 2. The first-order valence-electron chi connectivity index (χ1n) is 5.99. The highest BCUT2D eigenvalue weighted by atomic mass is 35.5. The van der Waals surface area contributed by atoms with Gasteiger partial charge in [0.2, 0.25) is 0 Å². The van der Waals surface area contributed by atoms with Crippen LogP contribution in [0.5, 0.6) is 11.5 Å². The lowest BCUT2D eigenvalue weighted by molar-refractivity contribution is 0.276. The van der Waals surface area contributed by atoms with Crippen molar-refractivity contribution in [3.8, 4) is 11.5 Å². The maximum absolute atomic E-state index is 13.1. The molecule has 0 atom stereocenters. The second kappa shape index (κ2) is 6.04. The van der Waals surface area contributed by atoms with Crippen molar-refractivity contribution in [2.45, 2.75) is 20.0 Å². The third-order valence-corrected chi connectivity index (χ3v) is 3.19. The molecule has 0 saturated heterocycles. The molecule has 0 amide bonds. The van der Waals surface area contributed by atoms with E-state index < -0.39 is 5.82 Å². The largest absolute Gasteiger partial charge is 0.457 e. The first kappa shape index (κ1) is 13.8. The van der Waals surface area contributed by atoms with Crippen molar-refractivity contribution in [1.29, 1.82) is 0 Å². The Balaban J connectivity index is 2.30. The summed E-state index contributed by atoms with van der Waals surface area (Å²) in [5.41, 5.74) is 1.39. The van der Waals surface area contributed by atoms with Crippen molar-refractivity contribution >= 4 is 11.6 Å². The molecule has 1 N–H and O–H groups in total. The predicted octanol–water partition coefficient (Wildman–Crippen LogP) is 4.33. The maximum atomic E-state index is 13.1. The summed E-state index contributed by atoms with van der Waals surface area (Å²) in [6.45, 7) is 1.73. The zero-order valence-electron chi connectivity index (χ0n) is 10.5. The summed E-state index contributed by atoms with van der Waals surface area (Å²) in [6.07, 6.45) is 0.798. The van der Waals surface area contributed by atoms with Crippen LogP contribution in [-0.4, -0.2) is 5.11 Å². The fraction of sp³-hybridized carbons (Fsp3) is 0.200. The van der Waals surface area contributed by atoms with Gasteiger partial charge in [-0.3, -0.25) is 0 Å². The van der Waals surface area contributed by atoms with E-state index in [1.165, 1.54) is 18.2 Å². The van der Waals surface area contributed by atoms with Crippen LogP contribution in [0.3, 0.4) is 0 Å². The molecule has 19 heavy (non-hydrogen) atoms. The molecular weight excluding hydrogens is 267 g/mol. The van der Waals surface area contributed by atoms with Gasteiger partial charge in [-0.05, 0) is 48.4 Å². The van der Waals surface area contributed by atoms with E-state index in [0.717, 1.165) is 12.0 Å². The number of aliphatic hydroxyl groups is 1. The van der Waals surface area contributed by atoms with Crippen LogP contribution in [-0.2, 0) is 13.0 Å². The van der Waals surface area contributed by atoms with Gasteiger partial charge in [0.25, 0.3) is 0 Å². The van der Waals surface area contributed by atoms with Gasteiger partial charge in [-0.15, -0.1) is 0 Å². The van der Waals surface area contributed by atoms with Crippen LogP contribution in [0.25, 0.3) is 0 Å². The van der Waals surface area contributed by atoms with Crippen LogP contribution < -0.4 is 4.74 Å². The molecule has 4 heteroatoms. The second-order valence-corrected chi connectivity index (χ2v) is 4.53. The summed E-state index contributed by atoms with van der Waals surface area (Å²) >= 11 is 6.03. The Morgan fingerprint density at radius 3 is 2.63 bits per heavy atom. The van der Waals surface area contributed by atoms with E-state index in [4.69, 9.17) is 16.3 Å². The van der Waals surface area contributed by atoms with Crippen LogP contribution in [0.2, 0.25) is 5.02 Å². The molecular formula is C15H14ClFO2. The van der Waals surface area contributed by atoms with E-state index in [2.05, 4.69) is 0 Å². The number of aryl methyl sites for hydroxylation is 1. The number of ether oxygens (including phenoxy) is 1. The SMILES string of the molecule is CCc1cc(Oc2ccc(F)cc2CO)ccc1Cl. The van der Waals surface area contributed by atoms with Crippen molar-refractivity contribution in [3.63, 3.8) is 0 Å². The highest BCUT2D eigenvalue weighted by molar-refractivity contribution is 6.31. The van der Waals surface area contributed by atoms with Crippen molar-refractivity contribution in [1.82, 2.24) is 0 Å².